The van der Waals surface area contributed by atoms with Gasteiger partial charge in [0.15, 0.2) is 0 Å². The Morgan fingerprint density at radius 2 is 1.74 bits per heavy atom. The molecule has 0 aliphatic carbocycles. The first-order chi connectivity index (χ1) is 16.1. The summed E-state index contributed by atoms with van der Waals surface area (Å²) in [6.07, 6.45) is 0.376. The molecule has 2 aromatic rings. The van der Waals surface area contributed by atoms with Crippen LogP contribution in [0.3, 0.4) is 0 Å². The molecular formula is C24H33N3O6S. The lowest BCUT2D eigenvalue weighted by Crippen LogP contribution is -2.49. The van der Waals surface area contributed by atoms with Gasteiger partial charge in [0, 0.05) is 18.8 Å². The SMILES string of the molecule is CCC(C)CN(C(=O)O)C(=O)N(CCCc1ccccc1)CS(=O)(=O)Nc1ccc(OC)cc1. The van der Waals surface area contributed by atoms with Crippen LogP contribution >= 0.6 is 0 Å². The molecule has 9 nitrogen and oxygen atoms in total. The van der Waals surface area contributed by atoms with Gasteiger partial charge in [0.2, 0.25) is 0 Å². The number of anilines is 1. The van der Waals surface area contributed by atoms with Crippen LogP contribution in [0.5, 0.6) is 5.75 Å². The number of carbonyl (C=O) groups excluding carboxylic acids is 1. The van der Waals surface area contributed by atoms with Gasteiger partial charge < -0.3 is 14.7 Å². The van der Waals surface area contributed by atoms with Gasteiger partial charge in [0.1, 0.15) is 11.6 Å². The molecule has 34 heavy (non-hydrogen) atoms. The molecule has 0 spiro atoms. The molecule has 186 valence electrons. The summed E-state index contributed by atoms with van der Waals surface area (Å²) in [6.45, 7) is 3.81. The molecule has 2 rings (SSSR count). The molecule has 2 N–H and O–H groups in total. The van der Waals surface area contributed by atoms with E-state index in [1.165, 1.54) is 7.11 Å². The van der Waals surface area contributed by atoms with E-state index < -0.39 is 28.0 Å². The minimum absolute atomic E-state index is 0.00813. The molecule has 0 aliphatic rings. The van der Waals surface area contributed by atoms with E-state index in [0.29, 0.717) is 35.6 Å². The number of sulfonamides is 1. The molecule has 1 atom stereocenters. The molecule has 1 unspecified atom stereocenters. The second-order valence-corrected chi connectivity index (χ2v) is 9.81. The van der Waals surface area contributed by atoms with Gasteiger partial charge in [0.25, 0.3) is 10.0 Å². The van der Waals surface area contributed by atoms with Crippen LogP contribution in [0.2, 0.25) is 0 Å². The third-order valence-electron chi connectivity index (χ3n) is 5.35. The zero-order valence-electron chi connectivity index (χ0n) is 19.8. The highest BCUT2D eigenvalue weighted by molar-refractivity contribution is 7.92. The van der Waals surface area contributed by atoms with Crippen molar-refractivity contribution in [2.24, 2.45) is 5.92 Å². The van der Waals surface area contributed by atoms with Crippen LogP contribution in [0, 0.1) is 5.92 Å². The topological polar surface area (TPSA) is 116 Å². The molecule has 0 heterocycles. The average molecular weight is 492 g/mol. The van der Waals surface area contributed by atoms with Gasteiger partial charge in [0.05, 0.1) is 7.11 Å². The van der Waals surface area contributed by atoms with E-state index in [1.807, 2.05) is 44.2 Å². The number of nitrogens with one attached hydrogen (secondary N) is 1. The van der Waals surface area contributed by atoms with Crippen LogP contribution in [0.15, 0.2) is 54.6 Å². The maximum Gasteiger partial charge on any atom is 0.415 e. The Morgan fingerprint density at radius 3 is 2.29 bits per heavy atom. The fraction of sp³-hybridized carbons (Fsp3) is 0.417. The fourth-order valence-electron chi connectivity index (χ4n) is 3.26. The number of carboxylic acid groups (broad SMARTS) is 1. The number of rotatable bonds is 12. The maximum absolute atomic E-state index is 13.2. The molecule has 10 heteroatoms. The standard InChI is InChI=1S/C24H33N3O6S/c1-4-19(2)17-27(24(29)30)23(28)26(16-8-11-20-9-6-5-7-10-20)18-34(31,32)25-21-12-14-22(33-3)15-13-21/h5-7,9-10,12-15,19,25H,4,8,11,16-18H2,1-3H3,(H,29,30). The molecule has 2 aromatic carbocycles. The number of benzene rings is 2. The quantitative estimate of drug-likeness (QED) is 0.452. The lowest BCUT2D eigenvalue weighted by molar-refractivity contribution is 0.125. The van der Waals surface area contributed by atoms with Gasteiger partial charge in [-0.3, -0.25) is 4.72 Å². The number of methoxy groups -OCH3 is 1. The molecule has 0 saturated carbocycles. The Bertz CT molecular complexity index is 1030. The summed E-state index contributed by atoms with van der Waals surface area (Å²) in [7, 11) is -2.49. The van der Waals surface area contributed by atoms with Gasteiger partial charge in [-0.15, -0.1) is 0 Å². The molecule has 0 aromatic heterocycles. The van der Waals surface area contributed by atoms with E-state index in [9.17, 15) is 23.1 Å². The largest absolute Gasteiger partial charge is 0.497 e. The van der Waals surface area contributed by atoms with E-state index in [1.54, 1.807) is 24.3 Å². The number of ether oxygens (including phenoxy) is 1. The van der Waals surface area contributed by atoms with Crippen LogP contribution in [-0.2, 0) is 16.4 Å². The van der Waals surface area contributed by atoms with Crippen LogP contribution in [-0.4, -0.2) is 61.5 Å². The minimum atomic E-state index is -3.99. The van der Waals surface area contributed by atoms with Crippen LogP contribution < -0.4 is 9.46 Å². The number of aryl methyl sites for hydroxylation is 1. The number of hydrogen-bond donors (Lipinski definition) is 2. The first-order valence-electron chi connectivity index (χ1n) is 11.1. The van der Waals surface area contributed by atoms with Gasteiger partial charge >= 0.3 is 12.1 Å². The van der Waals surface area contributed by atoms with Crippen LogP contribution in [0.1, 0.15) is 32.3 Å². The van der Waals surface area contributed by atoms with Crippen LogP contribution in [0.25, 0.3) is 0 Å². The monoisotopic (exact) mass is 491 g/mol. The Labute approximate surface area is 201 Å². The Morgan fingerprint density at radius 1 is 1.09 bits per heavy atom. The predicted octanol–water partition coefficient (Wildman–Crippen LogP) is 4.48. The van der Waals surface area contributed by atoms with Crippen molar-refractivity contribution in [1.29, 1.82) is 0 Å². The summed E-state index contributed by atoms with van der Waals surface area (Å²) >= 11 is 0. The third-order valence-corrected chi connectivity index (χ3v) is 6.55. The first kappa shape index (κ1) is 27.0. The first-order valence-corrected chi connectivity index (χ1v) is 12.8. The lowest BCUT2D eigenvalue weighted by atomic mass is 10.1. The van der Waals surface area contributed by atoms with Crippen molar-refractivity contribution in [1.82, 2.24) is 9.80 Å². The van der Waals surface area contributed by atoms with Gasteiger partial charge in [-0.25, -0.2) is 22.9 Å². The van der Waals surface area contributed by atoms with Crippen molar-refractivity contribution < 1.29 is 27.9 Å². The number of hydrogen-bond acceptors (Lipinski definition) is 5. The minimum Gasteiger partial charge on any atom is -0.497 e. The van der Waals surface area contributed by atoms with Crippen molar-refractivity contribution in [3.8, 4) is 5.75 Å². The second kappa shape index (κ2) is 12.8. The van der Waals surface area contributed by atoms with Gasteiger partial charge in [-0.05, 0) is 48.6 Å². The Kier molecular flexibility index (Phi) is 10.2. The van der Waals surface area contributed by atoms with Crippen molar-refractivity contribution >= 4 is 27.8 Å². The highest BCUT2D eigenvalue weighted by Gasteiger charge is 2.30. The molecule has 0 aliphatic heterocycles. The summed E-state index contributed by atoms with van der Waals surface area (Å²) in [6, 6.07) is 15.1. The highest BCUT2D eigenvalue weighted by Crippen LogP contribution is 2.17. The molecule has 0 saturated heterocycles. The van der Waals surface area contributed by atoms with Gasteiger partial charge in [-0.1, -0.05) is 50.6 Å². The fourth-order valence-corrected chi connectivity index (χ4v) is 4.47. The van der Waals surface area contributed by atoms with Gasteiger partial charge in [-0.2, -0.15) is 0 Å². The Balaban J connectivity index is 2.19. The van der Waals surface area contributed by atoms with Crippen molar-refractivity contribution in [3.63, 3.8) is 0 Å². The normalized spacial score (nSPS) is 12.0. The summed E-state index contributed by atoms with van der Waals surface area (Å²) in [5.74, 6) is -0.153. The summed E-state index contributed by atoms with van der Waals surface area (Å²) in [5.41, 5.74) is 1.36. The van der Waals surface area contributed by atoms with Crippen molar-refractivity contribution in [2.45, 2.75) is 33.1 Å². The van der Waals surface area contributed by atoms with Crippen LogP contribution in [0.4, 0.5) is 15.3 Å². The lowest BCUT2D eigenvalue weighted by Gasteiger charge is -2.29. The van der Waals surface area contributed by atoms with E-state index in [2.05, 4.69) is 4.72 Å². The van der Waals surface area contributed by atoms with E-state index in [4.69, 9.17) is 4.74 Å². The number of imide groups is 1. The van der Waals surface area contributed by atoms with E-state index in [-0.39, 0.29) is 19.0 Å². The van der Waals surface area contributed by atoms with Crippen molar-refractivity contribution in [3.05, 3.63) is 60.2 Å². The highest BCUT2D eigenvalue weighted by atomic mass is 32.2. The number of amides is 3. The number of nitrogens with zero attached hydrogens (tertiary/aromatic N) is 2. The predicted molar refractivity (Wildman–Crippen MR) is 131 cm³/mol. The molecule has 0 radical (unpaired) electrons. The van der Waals surface area contributed by atoms with E-state index in [0.717, 1.165) is 10.5 Å². The summed E-state index contributed by atoms with van der Waals surface area (Å²) in [4.78, 5) is 26.7. The summed E-state index contributed by atoms with van der Waals surface area (Å²) < 4.78 is 33.3. The van der Waals surface area contributed by atoms with E-state index >= 15 is 0 Å². The smallest absolute Gasteiger partial charge is 0.415 e. The Hall–Kier alpha value is -3.27. The maximum atomic E-state index is 13.2. The number of carbonyl (C=O) groups is 2. The zero-order chi connectivity index (χ0) is 25.1. The average Bonchev–Trinajstić information content (AvgIpc) is 2.82. The zero-order valence-corrected chi connectivity index (χ0v) is 20.6. The van der Waals surface area contributed by atoms with Crippen molar-refractivity contribution in [2.75, 3.05) is 30.8 Å². The second-order valence-electron chi connectivity index (χ2n) is 8.12. The molecule has 3 amide bonds. The molecular weight excluding hydrogens is 458 g/mol. The number of urea groups is 1. The summed E-state index contributed by atoms with van der Waals surface area (Å²) in [5, 5.41) is 9.62. The molecule has 0 bridgehead atoms. The molecule has 0 fully saturated rings. The third kappa shape index (κ3) is 8.58.